The van der Waals surface area contributed by atoms with E-state index in [1.807, 2.05) is 0 Å². The van der Waals surface area contributed by atoms with E-state index in [9.17, 15) is 22.8 Å². The maximum absolute atomic E-state index is 12.7. The molecule has 0 bridgehead atoms. The first-order chi connectivity index (χ1) is 12.2. The van der Waals surface area contributed by atoms with Crippen molar-refractivity contribution >= 4 is 29.2 Å². The highest BCUT2D eigenvalue weighted by molar-refractivity contribution is 6.69. The lowest BCUT2D eigenvalue weighted by Gasteiger charge is -2.24. The predicted molar refractivity (Wildman–Crippen MR) is 88.3 cm³/mol. The molecule has 3 rings (SSSR count). The Morgan fingerprint density at radius 1 is 1.15 bits per heavy atom. The van der Waals surface area contributed by atoms with Crippen LogP contribution in [0, 0.1) is 0 Å². The van der Waals surface area contributed by atoms with E-state index in [-0.39, 0.29) is 18.1 Å². The fourth-order valence-electron chi connectivity index (χ4n) is 2.48. The molecule has 2 heterocycles. The maximum atomic E-state index is 12.7. The Morgan fingerprint density at radius 3 is 2.38 bits per heavy atom. The molecule has 0 saturated heterocycles. The molecule has 1 aromatic rings. The first-order valence-electron chi connectivity index (χ1n) is 7.70. The molecule has 1 aromatic carbocycles. The van der Waals surface area contributed by atoms with E-state index in [0.717, 1.165) is 17.0 Å². The average Bonchev–Trinajstić information content (AvgIpc) is 2.79. The van der Waals surface area contributed by atoms with E-state index >= 15 is 0 Å². The Hall–Kier alpha value is -3.04. The Morgan fingerprint density at radius 2 is 1.81 bits per heavy atom. The van der Waals surface area contributed by atoms with E-state index in [1.54, 1.807) is 6.92 Å². The number of imide groups is 1. The first-order valence-corrected chi connectivity index (χ1v) is 7.70. The number of benzene rings is 1. The number of aliphatic imine (C=N–C) groups is 2. The fourth-order valence-corrected chi connectivity index (χ4v) is 2.48. The fraction of sp³-hybridized carbons (Fsp3) is 0.312. The topological polar surface area (TPSA) is 77.7 Å². The van der Waals surface area contributed by atoms with Crippen molar-refractivity contribution in [2.75, 3.05) is 20.1 Å². The van der Waals surface area contributed by atoms with Gasteiger partial charge in [-0.2, -0.15) is 23.3 Å². The van der Waals surface area contributed by atoms with Gasteiger partial charge in [0.2, 0.25) is 0 Å². The van der Waals surface area contributed by atoms with E-state index in [2.05, 4.69) is 15.1 Å². The molecule has 0 aromatic heterocycles. The lowest BCUT2D eigenvalue weighted by atomic mass is 10.1. The smallest absolute Gasteiger partial charge is 0.270 e. The third-order valence-electron chi connectivity index (χ3n) is 3.93. The molecule has 2 aliphatic heterocycles. The summed E-state index contributed by atoms with van der Waals surface area (Å²) >= 11 is 0. The van der Waals surface area contributed by atoms with Crippen LogP contribution in [0.5, 0.6) is 0 Å². The second kappa shape index (κ2) is 6.36. The third-order valence-corrected chi connectivity index (χ3v) is 3.93. The van der Waals surface area contributed by atoms with Gasteiger partial charge in [0.1, 0.15) is 0 Å². The van der Waals surface area contributed by atoms with Crippen molar-refractivity contribution in [3.63, 3.8) is 0 Å². The molecule has 2 aliphatic rings. The Kier molecular flexibility index (Phi) is 4.34. The van der Waals surface area contributed by atoms with Gasteiger partial charge < -0.3 is 0 Å². The highest BCUT2D eigenvalue weighted by Crippen LogP contribution is 2.29. The number of fused-ring (bicyclic) bond motifs is 1. The highest BCUT2D eigenvalue weighted by Gasteiger charge is 2.36. The monoisotopic (exact) mass is 365 g/mol. The number of halogens is 3. The first kappa shape index (κ1) is 17.8. The SMILES string of the molecule is CCN1N=C(c2ccc(C(F)(F)F)cc2)CN=C2C(=O)N(C)C(=O)N=C21. The standard InChI is InChI=1S/C16H14F3N5O2/c1-3-24-13-12(14(25)23(2)15(26)21-13)20-8-11(22-24)9-4-6-10(7-5-9)16(17,18)19/h4-7H,3,8H2,1-2H3. The normalized spacial score (nSPS) is 18.1. The summed E-state index contributed by atoms with van der Waals surface area (Å²) in [6, 6.07) is 3.78. The number of hydrogen-bond donors (Lipinski definition) is 0. The number of rotatable bonds is 2. The van der Waals surface area contributed by atoms with Gasteiger partial charge in [-0.3, -0.25) is 14.7 Å². The molecule has 136 valence electrons. The molecule has 0 fully saturated rings. The minimum absolute atomic E-state index is 0.000360. The number of hydrogen-bond acceptors (Lipinski definition) is 5. The van der Waals surface area contributed by atoms with Crippen molar-refractivity contribution in [2.24, 2.45) is 15.1 Å². The highest BCUT2D eigenvalue weighted by atomic mass is 19.4. The van der Waals surface area contributed by atoms with Gasteiger partial charge in [-0.05, 0) is 24.6 Å². The molecular formula is C16H14F3N5O2. The molecule has 0 N–H and O–H groups in total. The van der Waals surface area contributed by atoms with Crippen LogP contribution >= 0.6 is 0 Å². The number of urea groups is 1. The average molecular weight is 365 g/mol. The Bertz CT molecular complexity index is 856. The number of amidine groups is 1. The zero-order chi connectivity index (χ0) is 19.1. The zero-order valence-corrected chi connectivity index (χ0v) is 13.9. The van der Waals surface area contributed by atoms with Crippen molar-refractivity contribution in [1.82, 2.24) is 9.91 Å². The van der Waals surface area contributed by atoms with Crippen LogP contribution in [-0.2, 0) is 11.0 Å². The third kappa shape index (κ3) is 3.09. The van der Waals surface area contributed by atoms with Crippen LogP contribution < -0.4 is 0 Å². The van der Waals surface area contributed by atoms with Gasteiger partial charge in [0, 0.05) is 13.6 Å². The van der Waals surface area contributed by atoms with Gasteiger partial charge in [-0.15, -0.1) is 0 Å². The molecule has 0 aliphatic carbocycles. The Labute approximate surface area is 146 Å². The Balaban J connectivity index is 2.01. The number of nitrogens with zero attached hydrogens (tertiary/aromatic N) is 5. The lowest BCUT2D eigenvalue weighted by Crippen LogP contribution is -2.49. The summed E-state index contributed by atoms with van der Waals surface area (Å²) in [7, 11) is 1.30. The van der Waals surface area contributed by atoms with Gasteiger partial charge in [0.05, 0.1) is 17.8 Å². The number of hydrazone groups is 1. The van der Waals surface area contributed by atoms with Crippen LogP contribution in [0.25, 0.3) is 0 Å². The molecule has 3 amide bonds. The summed E-state index contributed by atoms with van der Waals surface area (Å²) in [5.74, 6) is -0.551. The van der Waals surface area contributed by atoms with Gasteiger partial charge in [-0.25, -0.2) is 9.80 Å². The van der Waals surface area contributed by atoms with Gasteiger partial charge >= 0.3 is 12.2 Å². The molecule has 7 nitrogen and oxygen atoms in total. The van der Waals surface area contributed by atoms with Gasteiger partial charge in [0.25, 0.3) is 5.91 Å². The van der Waals surface area contributed by atoms with E-state index in [4.69, 9.17) is 0 Å². The minimum Gasteiger partial charge on any atom is -0.270 e. The maximum Gasteiger partial charge on any atom is 0.416 e. The van der Waals surface area contributed by atoms with Crippen molar-refractivity contribution in [1.29, 1.82) is 0 Å². The number of amides is 3. The minimum atomic E-state index is -4.43. The van der Waals surface area contributed by atoms with E-state index in [1.165, 1.54) is 24.2 Å². The molecule has 0 atom stereocenters. The largest absolute Gasteiger partial charge is 0.416 e. The van der Waals surface area contributed by atoms with Crippen molar-refractivity contribution in [3.05, 3.63) is 35.4 Å². The summed E-state index contributed by atoms with van der Waals surface area (Å²) in [5, 5.41) is 5.68. The van der Waals surface area contributed by atoms with Crippen LogP contribution in [0.15, 0.2) is 39.4 Å². The molecule has 0 radical (unpaired) electrons. The second-order valence-corrected chi connectivity index (χ2v) is 5.58. The zero-order valence-electron chi connectivity index (χ0n) is 13.9. The van der Waals surface area contributed by atoms with E-state index < -0.39 is 23.7 Å². The quantitative estimate of drug-likeness (QED) is 0.806. The molecule has 0 spiro atoms. The van der Waals surface area contributed by atoms with Crippen LogP contribution in [0.1, 0.15) is 18.1 Å². The van der Waals surface area contributed by atoms with Crippen LogP contribution in [0.2, 0.25) is 0 Å². The molecule has 0 saturated carbocycles. The lowest BCUT2D eigenvalue weighted by molar-refractivity contribution is -0.137. The van der Waals surface area contributed by atoms with Crippen molar-refractivity contribution in [2.45, 2.75) is 13.1 Å². The summed E-state index contributed by atoms with van der Waals surface area (Å²) in [6.45, 7) is 2.02. The predicted octanol–water partition coefficient (Wildman–Crippen LogP) is 2.18. The second-order valence-electron chi connectivity index (χ2n) is 5.58. The van der Waals surface area contributed by atoms with Gasteiger partial charge in [-0.1, -0.05) is 12.1 Å². The summed E-state index contributed by atoms with van der Waals surface area (Å²) in [5.41, 5.74) is 0.0365. The number of alkyl halides is 3. The molecule has 0 unspecified atom stereocenters. The van der Waals surface area contributed by atoms with Crippen LogP contribution in [0.4, 0.5) is 18.0 Å². The summed E-state index contributed by atoms with van der Waals surface area (Å²) in [4.78, 5) is 32.9. The number of carbonyl (C=O) groups is 2. The summed E-state index contributed by atoms with van der Waals surface area (Å²) in [6.07, 6.45) is -4.43. The molecule has 26 heavy (non-hydrogen) atoms. The van der Waals surface area contributed by atoms with Crippen LogP contribution in [0.3, 0.4) is 0 Å². The molecule has 10 heteroatoms. The van der Waals surface area contributed by atoms with Gasteiger partial charge in [0.15, 0.2) is 11.5 Å². The summed E-state index contributed by atoms with van der Waals surface area (Å²) < 4.78 is 38.1. The van der Waals surface area contributed by atoms with Crippen molar-refractivity contribution in [3.8, 4) is 0 Å². The van der Waals surface area contributed by atoms with Crippen LogP contribution in [-0.4, -0.2) is 59.2 Å². The number of carbonyl (C=O) groups excluding carboxylic acids is 2. The van der Waals surface area contributed by atoms with Crippen molar-refractivity contribution < 1.29 is 22.8 Å². The van der Waals surface area contributed by atoms with E-state index in [0.29, 0.717) is 17.8 Å². The molecular weight excluding hydrogens is 351 g/mol.